The Morgan fingerprint density at radius 1 is 1.33 bits per heavy atom. The molecular weight excluding hydrogens is 152 g/mol. The third-order valence-electron chi connectivity index (χ3n) is 1.02. The molecule has 0 aliphatic rings. The molecule has 0 spiro atoms. The van der Waals surface area contributed by atoms with Crippen molar-refractivity contribution in [1.82, 2.24) is 4.98 Å². The maximum absolute atomic E-state index is 6.08. The minimum Gasteiger partial charge on any atom is -0.397 e. The van der Waals surface area contributed by atoms with Gasteiger partial charge in [0.2, 0.25) is 0 Å². The van der Waals surface area contributed by atoms with Crippen LogP contribution in [0.25, 0.3) is 0 Å². The summed E-state index contributed by atoms with van der Waals surface area (Å²) in [5.41, 5.74) is 7.08. The van der Waals surface area contributed by atoms with Crippen LogP contribution in [0.3, 0.4) is 0 Å². The highest BCUT2D eigenvalue weighted by Gasteiger charge is 1.81. The van der Waals surface area contributed by atoms with E-state index in [-0.39, 0.29) is 0 Å². The van der Waals surface area contributed by atoms with Gasteiger partial charge in [0.25, 0.3) is 0 Å². The smallest absolute Gasteiger partial charge is 0.0500 e. The third-order valence-corrected chi connectivity index (χ3v) is 1.02. The van der Waals surface area contributed by atoms with E-state index in [9.17, 15) is 0 Å². The van der Waals surface area contributed by atoms with Crippen molar-refractivity contribution in [3.63, 3.8) is 0 Å². The highest BCUT2D eigenvalue weighted by atomic mass is 14.7. The highest BCUT2D eigenvalue weighted by molar-refractivity contribution is 6.12. The van der Waals surface area contributed by atoms with Crippen LogP contribution in [0, 0.1) is 17.7 Å². The zero-order valence-electron chi connectivity index (χ0n) is 6.91. The largest absolute Gasteiger partial charge is 0.397 e. The second-order valence-corrected chi connectivity index (χ2v) is 2.07. The maximum Gasteiger partial charge on any atom is 0.0500 e. The molecule has 0 atom stereocenters. The molecule has 4 nitrogen and oxygen atoms in total. The summed E-state index contributed by atoms with van der Waals surface area (Å²) >= 11 is 0. The first kappa shape index (κ1) is 10.3. The molecule has 4 heteroatoms. The fourth-order valence-corrected chi connectivity index (χ4v) is 0.479. The fourth-order valence-electron chi connectivity index (χ4n) is 0.479. The fraction of sp³-hybridized carbons (Fsp3) is 0.125. The van der Waals surface area contributed by atoms with Gasteiger partial charge < -0.3 is 16.6 Å². The van der Waals surface area contributed by atoms with E-state index in [0.29, 0.717) is 0 Å². The van der Waals surface area contributed by atoms with Crippen molar-refractivity contribution in [2.75, 3.05) is 5.73 Å². The summed E-state index contributed by atoms with van der Waals surface area (Å²) in [6.07, 6.45) is 3.48. The van der Waals surface area contributed by atoms with Crippen molar-refractivity contribution >= 4 is 18.1 Å². The molecule has 0 amide bonds. The highest BCUT2D eigenvalue weighted by Crippen LogP contribution is 1.97. The predicted molar refractivity (Wildman–Crippen MR) is 51.0 cm³/mol. The molecular formula is C8H12N4. The number of rotatable bonds is 1. The molecule has 0 aliphatic heterocycles. The number of aromatic nitrogens is 1. The first-order valence-corrected chi connectivity index (χ1v) is 3.38. The minimum absolute atomic E-state index is 0.718. The average Bonchev–Trinajstić information content (AvgIpc) is 2.11. The van der Waals surface area contributed by atoms with Gasteiger partial charge in [-0.15, -0.1) is 0 Å². The lowest BCUT2D eigenvalue weighted by atomic mass is 10.4. The summed E-state index contributed by atoms with van der Waals surface area (Å²) in [4.78, 5) is 3.95. The molecule has 1 heterocycles. The Balaban J connectivity index is 0.000000261. The number of aryl methyl sites for hydroxylation is 1. The van der Waals surface area contributed by atoms with Gasteiger partial charge in [-0.05, 0) is 19.1 Å². The second-order valence-electron chi connectivity index (χ2n) is 2.07. The van der Waals surface area contributed by atoms with Crippen LogP contribution in [0.4, 0.5) is 5.69 Å². The van der Waals surface area contributed by atoms with Gasteiger partial charge in [0.15, 0.2) is 0 Å². The first-order valence-electron chi connectivity index (χ1n) is 3.38. The standard InChI is InChI=1S/C6H8N2.C2H4N2/c1-5-2-3-6(7)4-8-5;3-1-2-4/h2-4H,7H2,1H3;1-4H. The molecule has 0 fully saturated rings. The molecule has 64 valence electrons. The van der Waals surface area contributed by atoms with Crippen LogP contribution in [0.5, 0.6) is 0 Å². The van der Waals surface area contributed by atoms with Crippen molar-refractivity contribution in [2.24, 2.45) is 0 Å². The van der Waals surface area contributed by atoms with Gasteiger partial charge in [0, 0.05) is 18.1 Å². The number of hydrogen-bond acceptors (Lipinski definition) is 4. The molecule has 0 saturated carbocycles. The Morgan fingerprint density at radius 3 is 2.17 bits per heavy atom. The number of anilines is 1. The Labute approximate surface area is 71.5 Å². The molecule has 1 rings (SSSR count). The van der Waals surface area contributed by atoms with E-state index in [2.05, 4.69) is 4.98 Å². The zero-order chi connectivity index (χ0) is 9.40. The minimum atomic E-state index is 0.718. The number of pyridine rings is 1. The van der Waals surface area contributed by atoms with Crippen LogP contribution < -0.4 is 5.73 Å². The van der Waals surface area contributed by atoms with Gasteiger partial charge in [0.05, 0.1) is 11.9 Å². The van der Waals surface area contributed by atoms with E-state index >= 15 is 0 Å². The van der Waals surface area contributed by atoms with Gasteiger partial charge in [0.1, 0.15) is 0 Å². The van der Waals surface area contributed by atoms with E-state index in [4.69, 9.17) is 16.6 Å². The molecule has 0 aliphatic carbocycles. The summed E-state index contributed by atoms with van der Waals surface area (Å²) in [7, 11) is 0. The number of nitrogen functional groups attached to an aromatic ring is 1. The van der Waals surface area contributed by atoms with E-state index in [1.54, 1.807) is 6.20 Å². The lowest BCUT2D eigenvalue weighted by Crippen LogP contribution is -1.85. The van der Waals surface area contributed by atoms with Crippen LogP contribution in [0.1, 0.15) is 5.69 Å². The molecule has 4 N–H and O–H groups in total. The SMILES string of the molecule is Cc1ccc(N)cn1.N=CC=N. The summed E-state index contributed by atoms with van der Waals surface area (Å²) in [6.45, 7) is 1.93. The molecule has 0 aromatic carbocycles. The summed E-state index contributed by atoms with van der Waals surface area (Å²) in [5, 5.41) is 12.2. The van der Waals surface area contributed by atoms with Crippen molar-refractivity contribution in [3.05, 3.63) is 24.0 Å². The molecule has 0 saturated heterocycles. The Bertz CT molecular complexity index is 213. The molecule has 12 heavy (non-hydrogen) atoms. The van der Waals surface area contributed by atoms with E-state index in [0.717, 1.165) is 23.8 Å². The van der Waals surface area contributed by atoms with Crippen molar-refractivity contribution in [1.29, 1.82) is 10.8 Å². The number of hydrogen-bond donors (Lipinski definition) is 3. The van der Waals surface area contributed by atoms with Crippen molar-refractivity contribution in [3.8, 4) is 0 Å². The van der Waals surface area contributed by atoms with Crippen LogP contribution in [-0.4, -0.2) is 17.4 Å². The van der Waals surface area contributed by atoms with E-state index in [1.807, 2.05) is 19.1 Å². The van der Waals surface area contributed by atoms with Crippen LogP contribution >= 0.6 is 0 Å². The van der Waals surface area contributed by atoms with Gasteiger partial charge in [-0.2, -0.15) is 0 Å². The zero-order valence-corrected chi connectivity index (χ0v) is 6.91. The topological polar surface area (TPSA) is 86.6 Å². The van der Waals surface area contributed by atoms with Crippen LogP contribution in [0.15, 0.2) is 18.3 Å². The van der Waals surface area contributed by atoms with Crippen molar-refractivity contribution < 1.29 is 0 Å². The predicted octanol–water partition coefficient (Wildman–Crippen LogP) is 1.26. The molecule has 0 unspecified atom stereocenters. The van der Waals surface area contributed by atoms with Gasteiger partial charge >= 0.3 is 0 Å². The monoisotopic (exact) mass is 164 g/mol. The Morgan fingerprint density at radius 2 is 1.92 bits per heavy atom. The second kappa shape index (κ2) is 6.03. The normalized spacial score (nSPS) is 7.75. The maximum atomic E-state index is 6.08. The summed E-state index contributed by atoms with van der Waals surface area (Å²) in [6, 6.07) is 3.72. The Hall–Kier alpha value is -1.71. The third kappa shape index (κ3) is 5.10. The van der Waals surface area contributed by atoms with Gasteiger partial charge in [-0.3, -0.25) is 4.98 Å². The van der Waals surface area contributed by atoms with E-state index < -0.39 is 0 Å². The number of nitrogens with one attached hydrogen (secondary N) is 2. The van der Waals surface area contributed by atoms with Crippen molar-refractivity contribution in [2.45, 2.75) is 6.92 Å². The van der Waals surface area contributed by atoms with Crippen LogP contribution in [0.2, 0.25) is 0 Å². The molecule has 1 aromatic rings. The van der Waals surface area contributed by atoms with E-state index in [1.165, 1.54) is 0 Å². The Kier molecular flexibility index (Phi) is 5.17. The quantitative estimate of drug-likeness (QED) is 0.545. The van der Waals surface area contributed by atoms with Crippen LogP contribution in [-0.2, 0) is 0 Å². The molecule has 0 radical (unpaired) electrons. The van der Waals surface area contributed by atoms with Gasteiger partial charge in [-0.1, -0.05) is 0 Å². The number of nitrogens with two attached hydrogens (primary N) is 1. The average molecular weight is 164 g/mol. The number of nitrogens with zero attached hydrogens (tertiary/aromatic N) is 1. The molecule has 0 bridgehead atoms. The summed E-state index contributed by atoms with van der Waals surface area (Å²) < 4.78 is 0. The van der Waals surface area contributed by atoms with Gasteiger partial charge in [-0.25, -0.2) is 0 Å². The summed E-state index contributed by atoms with van der Waals surface area (Å²) in [5.74, 6) is 0. The molecule has 1 aromatic heterocycles. The first-order chi connectivity index (χ1) is 5.70. The lowest BCUT2D eigenvalue weighted by molar-refractivity contribution is 1.20. The lowest BCUT2D eigenvalue weighted by Gasteiger charge is -1.89.